The van der Waals surface area contributed by atoms with Gasteiger partial charge in [0.05, 0.1) is 17.7 Å². The van der Waals surface area contributed by atoms with Gasteiger partial charge in [0.2, 0.25) is 5.78 Å². The lowest BCUT2D eigenvalue weighted by Crippen LogP contribution is -2.12. The third kappa shape index (κ3) is 4.17. The first-order chi connectivity index (χ1) is 15.9. The second kappa shape index (κ2) is 8.50. The maximum Gasteiger partial charge on any atom is 0.343 e. The number of allylic oxidation sites excluding steroid dienone is 1. The van der Waals surface area contributed by atoms with Crippen LogP contribution in [0.25, 0.3) is 6.08 Å². The number of carbonyl (C=O) groups is 2. The van der Waals surface area contributed by atoms with E-state index < -0.39 is 5.97 Å². The lowest BCUT2D eigenvalue weighted by Gasteiger charge is -2.20. The fourth-order valence-electron chi connectivity index (χ4n) is 3.85. The van der Waals surface area contributed by atoms with Crippen LogP contribution < -0.4 is 14.2 Å². The van der Waals surface area contributed by atoms with Crippen molar-refractivity contribution in [2.75, 3.05) is 6.79 Å². The molecule has 0 saturated carbocycles. The molecule has 33 heavy (non-hydrogen) atoms. The highest BCUT2D eigenvalue weighted by atomic mass is 79.9. The Balaban J connectivity index is 1.44. The topological polar surface area (TPSA) is 71.1 Å². The van der Waals surface area contributed by atoms with E-state index >= 15 is 0 Å². The highest BCUT2D eigenvalue weighted by molar-refractivity contribution is 9.10. The molecule has 7 heteroatoms. The Morgan fingerprint density at radius 2 is 1.88 bits per heavy atom. The Labute approximate surface area is 198 Å². The summed E-state index contributed by atoms with van der Waals surface area (Å²) in [5.74, 6) is 0.783. The molecule has 0 radical (unpaired) electrons. The maximum atomic E-state index is 13.1. The summed E-state index contributed by atoms with van der Waals surface area (Å²) in [7, 11) is 0. The normalized spacial score (nSPS) is 15.5. The zero-order valence-electron chi connectivity index (χ0n) is 17.9. The van der Waals surface area contributed by atoms with Gasteiger partial charge >= 0.3 is 5.97 Å². The number of fused-ring (bicyclic) bond motifs is 2. The summed E-state index contributed by atoms with van der Waals surface area (Å²) in [6, 6.07) is 14.1. The van der Waals surface area contributed by atoms with E-state index in [9.17, 15) is 9.59 Å². The first kappa shape index (κ1) is 21.4. The Morgan fingerprint density at radius 1 is 1.09 bits per heavy atom. The molecule has 5 rings (SSSR count). The van der Waals surface area contributed by atoms with Crippen LogP contribution in [0.3, 0.4) is 0 Å². The fourth-order valence-corrected chi connectivity index (χ4v) is 4.37. The summed E-state index contributed by atoms with van der Waals surface area (Å²) in [5.41, 5.74) is 4.20. The van der Waals surface area contributed by atoms with E-state index in [0.717, 1.165) is 15.6 Å². The van der Waals surface area contributed by atoms with Crippen LogP contribution in [-0.4, -0.2) is 18.5 Å². The largest absolute Gasteiger partial charge is 0.467 e. The molecule has 0 unspecified atom stereocenters. The van der Waals surface area contributed by atoms with Crippen molar-refractivity contribution in [3.63, 3.8) is 0 Å². The van der Waals surface area contributed by atoms with Gasteiger partial charge in [-0.05, 0) is 55.8 Å². The second-order valence-electron chi connectivity index (χ2n) is 7.90. The quantitative estimate of drug-likeness (QED) is 0.255. The minimum atomic E-state index is -0.477. The van der Waals surface area contributed by atoms with Gasteiger partial charge in [-0.15, -0.1) is 0 Å². The van der Waals surface area contributed by atoms with Crippen molar-refractivity contribution in [2.24, 2.45) is 0 Å². The number of hydrogen-bond acceptors (Lipinski definition) is 6. The molecule has 0 aromatic heterocycles. The molecule has 0 N–H and O–H groups in total. The molecule has 2 aliphatic rings. The average molecular weight is 507 g/mol. The molecule has 0 saturated heterocycles. The summed E-state index contributed by atoms with van der Waals surface area (Å²) in [4.78, 5) is 25.6. The number of hydrogen-bond donors (Lipinski definition) is 0. The van der Waals surface area contributed by atoms with Crippen molar-refractivity contribution in [3.8, 4) is 17.2 Å². The molecule has 2 heterocycles. The van der Waals surface area contributed by atoms with E-state index in [1.807, 2.05) is 31.2 Å². The summed E-state index contributed by atoms with van der Waals surface area (Å²) in [6.45, 7) is 4.30. The molecule has 166 valence electrons. The first-order valence-electron chi connectivity index (χ1n) is 10.3. The third-order valence-corrected chi connectivity index (χ3v) is 5.89. The molecule has 0 amide bonds. The van der Waals surface area contributed by atoms with Gasteiger partial charge in [-0.2, -0.15) is 0 Å². The molecular formula is C26H19BrO6. The monoisotopic (exact) mass is 506 g/mol. The number of esters is 1. The number of halogens is 1. The van der Waals surface area contributed by atoms with Gasteiger partial charge < -0.3 is 18.9 Å². The summed E-state index contributed by atoms with van der Waals surface area (Å²) in [5, 5.41) is 0. The first-order valence-corrected chi connectivity index (χ1v) is 11.1. The van der Waals surface area contributed by atoms with Gasteiger partial charge in [0, 0.05) is 21.7 Å². The second-order valence-corrected chi connectivity index (χ2v) is 8.82. The SMILES string of the molecule is Cc1ccc(C(=O)Oc2cc(C)c3c(c2)O/C(=C\c2cc(Br)cc4c2OCOC4)C3=O)cc1. The summed E-state index contributed by atoms with van der Waals surface area (Å²) >= 11 is 3.49. The Bertz CT molecular complexity index is 1320. The van der Waals surface area contributed by atoms with Crippen LogP contribution in [0.5, 0.6) is 17.2 Å². The van der Waals surface area contributed by atoms with E-state index in [2.05, 4.69) is 15.9 Å². The summed E-state index contributed by atoms with van der Waals surface area (Å²) < 4.78 is 23.3. The zero-order valence-corrected chi connectivity index (χ0v) is 19.5. The van der Waals surface area contributed by atoms with E-state index in [-0.39, 0.29) is 18.3 Å². The molecule has 3 aromatic carbocycles. The lowest BCUT2D eigenvalue weighted by atomic mass is 10.0. The van der Waals surface area contributed by atoms with Crippen molar-refractivity contribution in [2.45, 2.75) is 20.5 Å². The van der Waals surface area contributed by atoms with Crippen LogP contribution >= 0.6 is 15.9 Å². The number of benzene rings is 3. The van der Waals surface area contributed by atoms with Crippen LogP contribution in [-0.2, 0) is 11.3 Å². The van der Waals surface area contributed by atoms with Crippen molar-refractivity contribution in [1.29, 1.82) is 0 Å². The molecule has 0 spiro atoms. The number of carbonyl (C=O) groups excluding carboxylic acids is 2. The molecule has 0 bridgehead atoms. The standard InChI is InChI=1S/C26H19BrO6/c1-14-3-5-16(6-4-14)26(29)32-20-7-15(2)23-21(11-20)33-22(24(23)28)10-17-8-19(27)9-18-12-30-13-31-25(17)18/h3-11H,12-13H2,1-2H3/b22-10-. The van der Waals surface area contributed by atoms with E-state index in [1.165, 1.54) is 0 Å². The molecule has 0 fully saturated rings. The van der Waals surface area contributed by atoms with Crippen molar-refractivity contribution < 1.29 is 28.5 Å². The molecule has 0 atom stereocenters. The lowest BCUT2D eigenvalue weighted by molar-refractivity contribution is -0.0165. The highest BCUT2D eigenvalue weighted by Crippen LogP contribution is 2.39. The molecule has 2 aliphatic heterocycles. The predicted octanol–water partition coefficient (Wildman–Crippen LogP) is 5.77. The van der Waals surface area contributed by atoms with E-state index in [1.54, 1.807) is 37.3 Å². The van der Waals surface area contributed by atoms with Crippen LogP contribution in [0.1, 0.15) is 43.0 Å². The Kier molecular flexibility index (Phi) is 5.52. The smallest absolute Gasteiger partial charge is 0.343 e. The minimum absolute atomic E-state index is 0.147. The van der Waals surface area contributed by atoms with Crippen LogP contribution in [0, 0.1) is 13.8 Å². The third-order valence-electron chi connectivity index (χ3n) is 5.43. The fraction of sp³-hybridized carbons (Fsp3) is 0.154. The average Bonchev–Trinajstić information content (AvgIpc) is 3.09. The minimum Gasteiger partial charge on any atom is -0.467 e. The zero-order chi connectivity index (χ0) is 23.1. The van der Waals surface area contributed by atoms with Crippen LogP contribution in [0.2, 0.25) is 0 Å². The van der Waals surface area contributed by atoms with Crippen LogP contribution in [0.4, 0.5) is 0 Å². The number of ether oxygens (including phenoxy) is 4. The van der Waals surface area contributed by atoms with E-state index in [4.69, 9.17) is 18.9 Å². The van der Waals surface area contributed by atoms with Crippen molar-refractivity contribution in [3.05, 3.63) is 92.1 Å². The van der Waals surface area contributed by atoms with Crippen LogP contribution in [0.15, 0.2) is 58.8 Å². The molecule has 6 nitrogen and oxygen atoms in total. The van der Waals surface area contributed by atoms with Crippen molar-refractivity contribution >= 4 is 33.8 Å². The summed E-state index contributed by atoms with van der Waals surface area (Å²) in [6.07, 6.45) is 1.66. The maximum absolute atomic E-state index is 13.1. The highest BCUT2D eigenvalue weighted by Gasteiger charge is 2.31. The number of Topliss-reactive ketones (excluding diaryl/α,β-unsaturated/α-hetero) is 1. The number of rotatable bonds is 3. The molecule has 3 aromatic rings. The molecule has 0 aliphatic carbocycles. The van der Waals surface area contributed by atoms with Gasteiger partial charge in [0.1, 0.15) is 17.2 Å². The van der Waals surface area contributed by atoms with Gasteiger partial charge in [0.15, 0.2) is 12.6 Å². The van der Waals surface area contributed by atoms with Crippen molar-refractivity contribution in [1.82, 2.24) is 0 Å². The van der Waals surface area contributed by atoms with Gasteiger partial charge in [0.25, 0.3) is 0 Å². The Morgan fingerprint density at radius 3 is 2.67 bits per heavy atom. The number of ketones is 1. The van der Waals surface area contributed by atoms with Gasteiger partial charge in [-0.1, -0.05) is 33.6 Å². The Hall–Kier alpha value is -3.42. The number of aryl methyl sites for hydroxylation is 2. The molecular weight excluding hydrogens is 488 g/mol. The van der Waals surface area contributed by atoms with Gasteiger partial charge in [-0.3, -0.25) is 4.79 Å². The van der Waals surface area contributed by atoms with Gasteiger partial charge in [-0.25, -0.2) is 4.79 Å². The van der Waals surface area contributed by atoms with E-state index in [0.29, 0.717) is 46.1 Å². The predicted molar refractivity (Wildman–Crippen MR) is 125 cm³/mol.